The Hall–Kier alpha value is -2.49. The van der Waals surface area contributed by atoms with Crippen LogP contribution >= 0.6 is 0 Å². The number of rotatable bonds is 50. The Kier molecular flexibility index (Phi) is 41.6. The molecule has 0 aromatic heterocycles. The molecule has 0 aliphatic heterocycles. The summed E-state index contributed by atoms with van der Waals surface area (Å²) in [5.74, 6) is -3.07. The lowest BCUT2D eigenvalue weighted by Gasteiger charge is -2.18. The zero-order chi connectivity index (χ0) is 52.9. The first-order valence-corrected chi connectivity index (χ1v) is 27.2. The van der Waals surface area contributed by atoms with E-state index in [2.05, 4.69) is 36.5 Å². The van der Waals surface area contributed by atoms with Gasteiger partial charge in [-0.1, -0.05) is 154 Å². The molecule has 9 heteroatoms. The molecule has 3 unspecified atom stereocenters. The lowest BCUT2D eigenvalue weighted by Crippen LogP contribution is -2.30. The van der Waals surface area contributed by atoms with Crippen LogP contribution in [0.5, 0.6) is 0 Å². The summed E-state index contributed by atoms with van der Waals surface area (Å²) in [6, 6.07) is 0. The van der Waals surface area contributed by atoms with Gasteiger partial charge in [-0.2, -0.15) is 0 Å². The van der Waals surface area contributed by atoms with Crippen LogP contribution < -0.4 is 0 Å². The lowest BCUT2D eigenvalue weighted by atomic mass is 10.1. The predicted octanol–water partition coefficient (Wildman–Crippen LogP) is 15.0. The Morgan fingerprint density at radius 3 is 0.924 bits per heavy atom. The first-order chi connectivity index (χ1) is 34.0. The summed E-state index contributed by atoms with van der Waals surface area (Å²) < 4.78 is 58.8. The average molecular weight is 938 g/mol. The molecule has 0 saturated heterocycles. The van der Waals surface area contributed by atoms with Crippen molar-refractivity contribution in [2.45, 2.75) is 296 Å². The Bertz CT molecular complexity index is 1320. The highest BCUT2D eigenvalue weighted by molar-refractivity contribution is 5.71. The molecule has 386 valence electrons. The van der Waals surface area contributed by atoms with Crippen molar-refractivity contribution in [2.75, 3.05) is 13.1 Å². The molecule has 66 heavy (non-hydrogen) atoms. The van der Waals surface area contributed by atoms with Crippen molar-refractivity contribution >= 4 is 17.9 Å². The summed E-state index contributed by atoms with van der Waals surface area (Å²) in [5, 5.41) is 29.0. The minimum absolute atomic E-state index is 0.176. The number of carbonyl (C=O) groups excluding carboxylic acids is 3. The van der Waals surface area contributed by atoms with E-state index in [1.807, 2.05) is 20.8 Å². The summed E-state index contributed by atoms with van der Waals surface area (Å²) in [7, 11) is 0. The Morgan fingerprint density at radius 1 is 0.394 bits per heavy atom. The summed E-state index contributed by atoms with van der Waals surface area (Å²) in [5.41, 5.74) is 0. The number of esters is 3. The first-order valence-electron chi connectivity index (χ1n) is 29.7. The van der Waals surface area contributed by atoms with Crippen molar-refractivity contribution in [3.63, 3.8) is 0 Å². The zero-order valence-electron chi connectivity index (χ0n) is 47.6. The van der Waals surface area contributed by atoms with Crippen LogP contribution in [-0.4, -0.2) is 70.7 Å². The van der Waals surface area contributed by atoms with Gasteiger partial charge in [0.15, 0.2) is 6.08 Å². The van der Waals surface area contributed by atoms with Crippen LogP contribution in [0.25, 0.3) is 0 Å². The maximum Gasteiger partial charge on any atom is 0.306 e. The smallest absolute Gasteiger partial charge is 0.306 e. The molecule has 0 heterocycles. The maximum atomic E-state index is 13.1. The topological polar surface area (TPSA) is 140 Å². The van der Waals surface area contributed by atoms with Gasteiger partial charge in [0.25, 0.3) is 0 Å². The summed E-state index contributed by atoms with van der Waals surface area (Å²) >= 11 is 0. The van der Waals surface area contributed by atoms with Crippen LogP contribution in [0.15, 0.2) is 36.5 Å². The van der Waals surface area contributed by atoms with E-state index in [0.29, 0.717) is 38.5 Å². The number of hydrogen-bond donors (Lipinski definition) is 3. The molecule has 0 bridgehead atoms. The molecular weight excluding hydrogens is 829 g/mol. The lowest BCUT2D eigenvalue weighted by molar-refractivity contribution is -0.167. The van der Waals surface area contributed by atoms with E-state index in [0.717, 1.165) is 193 Å². The van der Waals surface area contributed by atoms with Gasteiger partial charge in [-0.05, 0) is 135 Å². The number of allylic oxidation sites excluding steroid dienone is 6. The molecule has 0 aromatic carbocycles. The highest BCUT2D eigenvalue weighted by Crippen LogP contribution is 2.15. The van der Waals surface area contributed by atoms with Gasteiger partial charge in [0.1, 0.15) is 13.1 Å². The van der Waals surface area contributed by atoms with E-state index in [4.69, 9.17) is 21.1 Å². The van der Waals surface area contributed by atoms with Gasteiger partial charge in [0.05, 0.1) is 25.2 Å². The van der Waals surface area contributed by atoms with Gasteiger partial charge in [-0.25, -0.2) is 0 Å². The third-order valence-corrected chi connectivity index (χ3v) is 12.1. The van der Waals surface area contributed by atoms with E-state index in [1.165, 1.54) is 0 Å². The quantitative estimate of drug-likeness (QED) is 0.0235. The Balaban J connectivity index is 5.04. The minimum atomic E-state index is -3.54. The van der Waals surface area contributed by atoms with E-state index in [9.17, 15) is 29.7 Å². The van der Waals surface area contributed by atoms with E-state index in [-0.39, 0.29) is 37.6 Å². The molecule has 0 rings (SSSR count). The molecular formula is C57H104O9. The van der Waals surface area contributed by atoms with Gasteiger partial charge >= 0.3 is 17.9 Å². The normalized spacial score (nSPS) is 15.8. The van der Waals surface area contributed by atoms with Crippen molar-refractivity contribution in [1.29, 1.82) is 0 Å². The van der Waals surface area contributed by atoms with Crippen molar-refractivity contribution < 1.29 is 50.8 Å². The largest absolute Gasteiger partial charge is 0.462 e. The molecule has 0 aromatic rings. The second-order valence-electron chi connectivity index (χ2n) is 18.4. The molecule has 0 radical (unpaired) electrons. The Morgan fingerprint density at radius 2 is 0.636 bits per heavy atom. The molecule has 0 aliphatic rings. The van der Waals surface area contributed by atoms with Crippen LogP contribution in [0.1, 0.15) is 278 Å². The molecule has 3 atom stereocenters. The van der Waals surface area contributed by atoms with Gasteiger partial charge in [0.2, 0.25) is 0 Å². The molecule has 3 N–H and O–H groups in total. The van der Waals surface area contributed by atoms with Crippen molar-refractivity contribution in [3.05, 3.63) is 36.5 Å². The van der Waals surface area contributed by atoms with Crippen LogP contribution in [0.4, 0.5) is 0 Å². The second-order valence-corrected chi connectivity index (χ2v) is 18.4. The van der Waals surface area contributed by atoms with Crippen LogP contribution in [-0.2, 0) is 28.6 Å². The molecule has 9 nitrogen and oxygen atoms in total. The molecule has 0 aliphatic carbocycles. The maximum absolute atomic E-state index is 13.1. The fourth-order valence-corrected chi connectivity index (χ4v) is 7.50. The number of ether oxygens (including phenoxy) is 3. The zero-order valence-corrected chi connectivity index (χ0v) is 42.6. The van der Waals surface area contributed by atoms with Crippen LogP contribution in [0, 0.1) is 0 Å². The third-order valence-electron chi connectivity index (χ3n) is 12.1. The summed E-state index contributed by atoms with van der Waals surface area (Å²) in [6.45, 7) is -1.00. The highest BCUT2D eigenvalue weighted by Gasteiger charge is 2.19. The standard InChI is InChI=1S/C57H104O9/c1-4-51(58)43-37-31-25-19-13-7-10-16-22-28-34-40-46-55(61)64-49-54(66-57(63)48-42-36-30-24-18-12-9-15-21-27-33-39-45-53(60)6-3)50-65-56(62)47-41-35-29-23-17-11-8-14-20-26-32-38-44-52(59)5-2/h7-9,13-15,51-54,58-60H,4-6,10-12,16-50H2,1-3H3/b13-7-,14-8-,15-9-/i49D2,50D2,54D. The van der Waals surface area contributed by atoms with Crippen LogP contribution in [0.3, 0.4) is 0 Å². The molecule has 0 spiro atoms. The van der Waals surface area contributed by atoms with Gasteiger partial charge in [-0.3, -0.25) is 14.4 Å². The monoisotopic (exact) mass is 938 g/mol. The Labute approximate surface area is 412 Å². The summed E-state index contributed by atoms with van der Waals surface area (Å²) in [6.07, 6.45) is 41.0. The van der Waals surface area contributed by atoms with Crippen molar-refractivity contribution in [3.8, 4) is 0 Å². The van der Waals surface area contributed by atoms with Gasteiger partial charge in [-0.15, -0.1) is 0 Å². The SMILES string of the molecule is [2H]C([2H])(OC(=O)CCCCCCC/C=C\CCCCCC(O)CC)C([2H])(OC(=O)CCCCCCC/C=C\CCCCCC(O)CC)C([2H])([2H])OC(=O)CCCCCCC/C=C\CCCCCC(O)CC. The molecule has 0 fully saturated rings. The highest BCUT2D eigenvalue weighted by atomic mass is 16.6. The van der Waals surface area contributed by atoms with Gasteiger partial charge in [0, 0.05) is 19.3 Å². The fraction of sp³-hybridized carbons (Fsp3) is 0.842. The summed E-state index contributed by atoms with van der Waals surface area (Å²) in [4.78, 5) is 39.0. The molecule has 0 saturated carbocycles. The second kappa shape index (κ2) is 50.4. The van der Waals surface area contributed by atoms with E-state index < -0.39 is 37.1 Å². The number of aliphatic hydroxyl groups excluding tert-OH is 3. The average Bonchev–Trinajstić information content (AvgIpc) is 3.33. The molecule has 0 amide bonds. The van der Waals surface area contributed by atoms with Gasteiger partial charge < -0.3 is 29.5 Å². The van der Waals surface area contributed by atoms with Crippen molar-refractivity contribution in [2.24, 2.45) is 0 Å². The van der Waals surface area contributed by atoms with E-state index >= 15 is 0 Å². The number of carbonyl (C=O) groups is 3. The van der Waals surface area contributed by atoms with Crippen LogP contribution in [0.2, 0.25) is 0 Å². The first kappa shape index (κ1) is 54.5. The number of unbranched alkanes of at least 4 members (excludes halogenated alkanes) is 24. The predicted molar refractivity (Wildman–Crippen MR) is 274 cm³/mol. The minimum Gasteiger partial charge on any atom is -0.462 e. The van der Waals surface area contributed by atoms with E-state index in [1.54, 1.807) is 0 Å². The van der Waals surface area contributed by atoms with Crippen molar-refractivity contribution in [1.82, 2.24) is 0 Å². The fourth-order valence-electron chi connectivity index (χ4n) is 7.50. The number of hydrogen-bond acceptors (Lipinski definition) is 9. The number of aliphatic hydroxyl groups is 3. The third kappa shape index (κ3) is 48.0.